The fourth-order valence-corrected chi connectivity index (χ4v) is 3.63. The first kappa shape index (κ1) is 16.3. The average molecular weight is 340 g/mol. The van der Waals surface area contributed by atoms with Crippen molar-refractivity contribution in [3.8, 4) is 0 Å². The van der Waals surface area contributed by atoms with E-state index in [0.717, 1.165) is 19.6 Å². The Morgan fingerprint density at radius 3 is 2.48 bits per heavy atom. The van der Waals surface area contributed by atoms with Gasteiger partial charge in [0.15, 0.2) is 0 Å². The maximum atomic E-state index is 12.3. The van der Waals surface area contributed by atoms with Crippen molar-refractivity contribution in [2.24, 2.45) is 11.8 Å². The number of piperidine rings is 1. The van der Waals surface area contributed by atoms with E-state index in [0.29, 0.717) is 17.7 Å². The monoisotopic (exact) mass is 340 g/mol. The van der Waals surface area contributed by atoms with Crippen molar-refractivity contribution in [3.05, 3.63) is 47.7 Å². The molecule has 1 saturated heterocycles. The molecule has 2 aromatic rings. The molecule has 2 atom stereocenters. The van der Waals surface area contributed by atoms with Crippen LogP contribution in [0.15, 0.2) is 34.7 Å². The maximum Gasteiger partial charge on any atom is 0.309 e. The summed E-state index contributed by atoms with van der Waals surface area (Å²) in [6.07, 6.45) is 0. The van der Waals surface area contributed by atoms with E-state index in [1.54, 1.807) is 0 Å². The normalized spacial score (nSPS) is 25.6. The van der Waals surface area contributed by atoms with E-state index in [4.69, 9.17) is 4.42 Å². The molecule has 6 heteroatoms. The van der Waals surface area contributed by atoms with Gasteiger partial charge in [0.2, 0.25) is 5.89 Å². The predicted octanol–water partition coefficient (Wildman–Crippen LogP) is 2.23. The minimum Gasteiger partial charge on any atom is -0.416 e. The Balaban J connectivity index is 1.29. The molecule has 2 fully saturated rings. The topological polar surface area (TPSA) is 71.3 Å². The van der Waals surface area contributed by atoms with Crippen molar-refractivity contribution >= 4 is 5.91 Å². The van der Waals surface area contributed by atoms with Crippen LogP contribution in [-0.4, -0.2) is 40.1 Å². The standard InChI is InChI=1S/C19H24N4O2/c1-19(2,3)18-22-21-17(25-18)16(24)20-15-13-10-23(11-14(13)15)9-12-7-5-4-6-8-12/h4-8,13-15H,9-11H2,1-3H3,(H,20,24)/t13-,14-/m1/s1. The largest absolute Gasteiger partial charge is 0.416 e. The Morgan fingerprint density at radius 1 is 1.20 bits per heavy atom. The Kier molecular flexibility index (Phi) is 3.87. The molecule has 132 valence electrons. The second-order valence-electron chi connectivity index (χ2n) is 8.17. The molecule has 1 aliphatic heterocycles. The Labute approximate surface area is 147 Å². The molecule has 6 nitrogen and oxygen atoms in total. The lowest BCUT2D eigenvalue weighted by atomic mass is 9.97. The number of aromatic nitrogens is 2. The van der Waals surface area contributed by atoms with Crippen LogP contribution in [0.25, 0.3) is 0 Å². The number of rotatable bonds is 4. The molecule has 1 aromatic carbocycles. The Morgan fingerprint density at radius 2 is 1.88 bits per heavy atom. The summed E-state index contributed by atoms with van der Waals surface area (Å²) in [5, 5.41) is 10.9. The molecular formula is C19H24N4O2. The fraction of sp³-hybridized carbons (Fsp3) is 0.526. The van der Waals surface area contributed by atoms with Gasteiger partial charge in [0.25, 0.3) is 0 Å². The zero-order chi connectivity index (χ0) is 17.6. The second-order valence-corrected chi connectivity index (χ2v) is 8.17. The highest BCUT2D eigenvalue weighted by Crippen LogP contribution is 2.45. The number of likely N-dealkylation sites (tertiary alicyclic amines) is 1. The lowest BCUT2D eigenvalue weighted by Crippen LogP contribution is -2.34. The van der Waals surface area contributed by atoms with Crippen molar-refractivity contribution in [1.29, 1.82) is 0 Å². The minimum atomic E-state index is -0.253. The van der Waals surface area contributed by atoms with Gasteiger partial charge in [-0.1, -0.05) is 51.1 Å². The molecule has 1 amide bonds. The highest BCUT2D eigenvalue weighted by Gasteiger charge is 2.56. The molecule has 1 saturated carbocycles. The number of carbonyl (C=O) groups is 1. The molecule has 0 bridgehead atoms. The Hall–Kier alpha value is -2.21. The molecule has 0 unspecified atom stereocenters. The van der Waals surface area contributed by atoms with Crippen molar-refractivity contribution in [1.82, 2.24) is 20.4 Å². The van der Waals surface area contributed by atoms with E-state index in [2.05, 4.69) is 44.7 Å². The SMILES string of the molecule is CC(C)(C)c1nnc(C(=O)NC2[C@@H]3CN(Cc4ccccc4)C[C@@H]23)o1. The second kappa shape index (κ2) is 5.95. The van der Waals surface area contributed by atoms with E-state index in [-0.39, 0.29) is 23.3 Å². The van der Waals surface area contributed by atoms with Gasteiger partial charge in [-0.2, -0.15) is 0 Å². The first-order valence-corrected chi connectivity index (χ1v) is 8.83. The van der Waals surface area contributed by atoms with Gasteiger partial charge in [-0.15, -0.1) is 10.2 Å². The summed E-state index contributed by atoms with van der Waals surface area (Å²) < 4.78 is 5.52. The van der Waals surface area contributed by atoms with Gasteiger partial charge in [0.1, 0.15) is 0 Å². The van der Waals surface area contributed by atoms with Gasteiger partial charge in [0, 0.05) is 31.1 Å². The summed E-state index contributed by atoms with van der Waals surface area (Å²) in [5.74, 6) is 1.38. The molecule has 1 N–H and O–H groups in total. The third kappa shape index (κ3) is 3.31. The molecular weight excluding hydrogens is 316 g/mol. The van der Waals surface area contributed by atoms with Crippen LogP contribution in [0.5, 0.6) is 0 Å². The first-order chi connectivity index (χ1) is 11.9. The molecule has 1 aromatic heterocycles. The van der Waals surface area contributed by atoms with Gasteiger partial charge in [-0.05, 0) is 17.4 Å². The highest BCUT2D eigenvalue weighted by molar-refractivity contribution is 5.90. The third-order valence-electron chi connectivity index (χ3n) is 5.08. The highest BCUT2D eigenvalue weighted by atomic mass is 16.4. The van der Waals surface area contributed by atoms with Crippen molar-refractivity contribution < 1.29 is 9.21 Å². The van der Waals surface area contributed by atoms with E-state index in [1.165, 1.54) is 5.56 Å². The summed E-state index contributed by atoms with van der Waals surface area (Å²) in [5.41, 5.74) is 1.09. The van der Waals surface area contributed by atoms with E-state index in [1.807, 2.05) is 26.8 Å². The molecule has 4 rings (SSSR count). The van der Waals surface area contributed by atoms with Crippen LogP contribution < -0.4 is 5.32 Å². The predicted molar refractivity (Wildman–Crippen MR) is 93.0 cm³/mol. The van der Waals surface area contributed by atoms with Crippen molar-refractivity contribution in [3.63, 3.8) is 0 Å². The van der Waals surface area contributed by atoms with Gasteiger partial charge >= 0.3 is 11.8 Å². The van der Waals surface area contributed by atoms with E-state index < -0.39 is 0 Å². The van der Waals surface area contributed by atoms with Gasteiger partial charge in [0.05, 0.1) is 0 Å². The fourth-order valence-electron chi connectivity index (χ4n) is 3.63. The average Bonchev–Trinajstić information content (AvgIpc) is 3.00. The van der Waals surface area contributed by atoms with Crippen molar-refractivity contribution in [2.45, 2.75) is 38.8 Å². The number of nitrogens with one attached hydrogen (secondary N) is 1. The van der Waals surface area contributed by atoms with Crippen LogP contribution >= 0.6 is 0 Å². The Bertz CT molecular complexity index is 753. The zero-order valence-corrected chi connectivity index (χ0v) is 14.9. The lowest BCUT2D eigenvalue weighted by Gasteiger charge is -2.19. The van der Waals surface area contributed by atoms with Gasteiger partial charge in [-0.25, -0.2) is 0 Å². The molecule has 25 heavy (non-hydrogen) atoms. The van der Waals surface area contributed by atoms with E-state index in [9.17, 15) is 4.79 Å². The maximum absolute atomic E-state index is 12.3. The smallest absolute Gasteiger partial charge is 0.309 e. The molecule has 2 heterocycles. The van der Waals surface area contributed by atoms with Crippen molar-refractivity contribution in [2.75, 3.05) is 13.1 Å². The van der Waals surface area contributed by atoms with Crippen LogP contribution in [0, 0.1) is 11.8 Å². The van der Waals surface area contributed by atoms with Crippen LogP contribution in [0.2, 0.25) is 0 Å². The van der Waals surface area contributed by atoms with Gasteiger partial charge < -0.3 is 9.73 Å². The summed E-state index contributed by atoms with van der Waals surface area (Å²) in [6.45, 7) is 8.98. The minimum absolute atomic E-state index is 0.0658. The quantitative estimate of drug-likeness (QED) is 0.924. The molecule has 2 aliphatic rings. The number of benzene rings is 1. The molecule has 1 aliphatic carbocycles. The summed E-state index contributed by atoms with van der Waals surface area (Å²) in [4.78, 5) is 14.8. The third-order valence-corrected chi connectivity index (χ3v) is 5.08. The molecule has 0 spiro atoms. The van der Waals surface area contributed by atoms with Crippen LogP contribution in [0.4, 0.5) is 0 Å². The number of fused-ring (bicyclic) bond motifs is 1. The summed E-state index contributed by atoms with van der Waals surface area (Å²) in [7, 11) is 0. The zero-order valence-electron chi connectivity index (χ0n) is 14.9. The van der Waals surface area contributed by atoms with Crippen LogP contribution in [-0.2, 0) is 12.0 Å². The van der Waals surface area contributed by atoms with Crippen LogP contribution in [0.3, 0.4) is 0 Å². The summed E-state index contributed by atoms with van der Waals surface area (Å²) >= 11 is 0. The van der Waals surface area contributed by atoms with Gasteiger partial charge in [-0.3, -0.25) is 9.69 Å². The number of hydrogen-bond acceptors (Lipinski definition) is 5. The lowest BCUT2D eigenvalue weighted by molar-refractivity contribution is 0.0904. The van der Waals surface area contributed by atoms with Crippen LogP contribution in [0.1, 0.15) is 42.9 Å². The molecule has 0 radical (unpaired) electrons. The number of hydrogen-bond donors (Lipinski definition) is 1. The summed E-state index contributed by atoms with van der Waals surface area (Å²) in [6, 6.07) is 10.7. The number of amides is 1. The first-order valence-electron chi connectivity index (χ1n) is 8.83. The number of nitrogens with zero attached hydrogens (tertiary/aromatic N) is 3. The van der Waals surface area contributed by atoms with E-state index >= 15 is 0 Å². The number of carbonyl (C=O) groups excluding carboxylic acids is 1.